The number of amides is 1. The fourth-order valence-corrected chi connectivity index (χ4v) is 4.12. The summed E-state index contributed by atoms with van der Waals surface area (Å²) >= 11 is 0. The number of carbonyl (C=O) groups is 1. The van der Waals surface area contributed by atoms with Crippen molar-refractivity contribution in [2.24, 2.45) is 16.0 Å². The van der Waals surface area contributed by atoms with Crippen LogP contribution in [-0.2, 0) is 22.0 Å². The summed E-state index contributed by atoms with van der Waals surface area (Å²) in [5, 5.41) is 18.7. The molecule has 1 aromatic heterocycles. The number of nitrogens with zero attached hydrogens (tertiary/aromatic N) is 2. The number of benzene rings is 1. The van der Waals surface area contributed by atoms with Gasteiger partial charge in [0.15, 0.2) is 5.49 Å². The molecule has 1 aliphatic rings. The Morgan fingerprint density at radius 2 is 1.91 bits per heavy atom. The fraction of sp³-hybridized carbons (Fsp3) is 0.583. The molecular weight excluding hydrogens is 456 g/mol. The summed E-state index contributed by atoms with van der Waals surface area (Å²) in [6.07, 6.45) is 4.70. The average molecular weight is 493 g/mol. The van der Waals surface area contributed by atoms with Gasteiger partial charge in [-0.05, 0) is 44.4 Å². The van der Waals surface area contributed by atoms with Crippen molar-refractivity contribution < 1.29 is 23.1 Å². The lowest BCUT2D eigenvalue weighted by molar-refractivity contribution is 0.0280. The monoisotopic (exact) mass is 492 g/mol. The Morgan fingerprint density at radius 3 is 2.44 bits per heavy atom. The van der Waals surface area contributed by atoms with Crippen molar-refractivity contribution in [1.82, 2.24) is 9.78 Å². The molecule has 0 atom stereocenters. The molecule has 1 amide bonds. The number of primary sulfonamides is 1. The van der Waals surface area contributed by atoms with Crippen molar-refractivity contribution >= 4 is 15.9 Å². The molecule has 0 bridgehead atoms. The maximum atomic E-state index is 13.3. The molecule has 0 radical (unpaired) electrons. The molecule has 1 fully saturated rings. The number of aliphatic hydroxyl groups is 1. The largest absolute Gasteiger partial charge is 0.490 e. The zero-order chi connectivity index (χ0) is 25.3. The van der Waals surface area contributed by atoms with E-state index in [1.807, 2.05) is 10.7 Å². The molecule has 10 heteroatoms. The number of sulfonamides is 1. The molecular formula is C24H36N4O5S. The lowest BCUT2D eigenvalue weighted by atomic mass is 9.83. The van der Waals surface area contributed by atoms with Crippen LogP contribution in [0.2, 0.25) is 0 Å². The van der Waals surface area contributed by atoms with E-state index in [9.17, 15) is 18.3 Å². The zero-order valence-electron chi connectivity index (χ0n) is 20.6. The van der Waals surface area contributed by atoms with Crippen LogP contribution in [0.25, 0.3) is 0 Å². The Bertz CT molecular complexity index is 1210. The van der Waals surface area contributed by atoms with Crippen LogP contribution in [0, 0.1) is 5.92 Å². The van der Waals surface area contributed by atoms with Gasteiger partial charge >= 0.3 is 0 Å². The van der Waals surface area contributed by atoms with Gasteiger partial charge in [-0.15, -0.1) is 0 Å². The van der Waals surface area contributed by atoms with Crippen molar-refractivity contribution in [3.05, 3.63) is 41.0 Å². The third-order valence-corrected chi connectivity index (χ3v) is 6.82. The van der Waals surface area contributed by atoms with E-state index < -0.39 is 21.5 Å². The number of H-pyrrole nitrogens is 1. The number of rotatable bonds is 8. The first kappa shape index (κ1) is 26.2. The zero-order valence-corrected chi connectivity index (χ0v) is 21.4. The van der Waals surface area contributed by atoms with Crippen LogP contribution in [-0.4, -0.2) is 41.4 Å². The van der Waals surface area contributed by atoms with Crippen molar-refractivity contribution in [3.63, 3.8) is 0 Å². The minimum atomic E-state index is -4.04. The summed E-state index contributed by atoms with van der Waals surface area (Å²) in [6.45, 7) is 9.94. The molecule has 0 unspecified atom stereocenters. The van der Waals surface area contributed by atoms with Crippen LogP contribution in [0.4, 0.5) is 0 Å². The number of hydrogen-bond donors (Lipinski definition) is 3. The van der Waals surface area contributed by atoms with Crippen LogP contribution < -0.4 is 15.4 Å². The van der Waals surface area contributed by atoms with Gasteiger partial charge in [-0.2, -0.15) is 4.99 Å². The Kier molecular flexibility index (Phi) is 7.45. The summed E-state index contributed by atoms with van der Waals surface area (Å²) < 4.78 is 31.3. The molecule has 9 nitrogen and oxygen atoms in total. The maximum Gasteiger partial charge on any atom is 0.282 e. The number of aromatic amines is 1. The second-order valence-corrected chi connectivity index (χ2v) is 12.3. The summed E-state index contributed by atoms with van der Waals surface area (Å²) in [5.41, 5.74) is 0.0277. The molecule has 2 aromatic rings. The molecule has 1 aromatic carbocycles. The number of nitrogens with one attached hydrogen (secondary N) is 1. The van der Waals surface area contributed by atoms with E-state index in [1.165, 1.54) is 31.4 Å². The van der Waals surface area contributed by atoms with Crippen molar-refractivity contribution in [3.8, 4) is 5.75 Å². The molecule has 1 saturated carbocycles. The first-order valence-corrected chi connectivity index (χ1v) is 13.1. The molecule has 1 aliphatic carbocycles. The number of ether oxygens (including phenoxy) is 1. The fourth-order valence-electron chi connectivity index (χ4n) is 3.58. The van der Waals surface area contributed by atoms with E-state index in [0.717, 1.165) is 18.2 Å². The smallest absolute Gasteiger partial charge is 0.282 e. The standard InChI is InChI=1S/C24H36N4O5S/c1-23(2,3)20-14-21(28(27-20)12-11-16-7-6-8-16)26-22(29)18-13-17(34(25,31)32)9-10-19(18)33-15-24(4,5)30/h9-10,13-14,16,27,30H,6-8,11-12,15H2,1-5H3,(H2,25,31,32). The number of hydrogen-bond acceptors (Lipinski definition) is 5. The Morgan fingerprint density at radius 1 is 1.24 bits per heavy atom. The van der Waals surface area contributed by atoms with Crippen molar-refractivity contribution in [2.75, 3.05) is 6.61 Å². The SMILES string of the molecule is CC(C)(O)COc1ccc(S(N)(=O)=O)cc1C(=O)N=c1cc(C(C)(C)C)[nH]n1CCC1CCC1. The van der Waals surface area contributed by atoms with Gasteiger partial charge in [0, 0.05) is 23.7 Å². The Hall–Kier alpha value is -2.43. The third kappa shape index (κ3) is 6.80. The average Bonchev–Trinajstić information content (AvgIpc) is 3.07. The van der Waals surface area contributed by atoms with E-state index in [4.69, 9.17) is 9.88 Å². The Balaban J connectivity index is 2.03. The van der Waals surface area contributed by atoms with Gasteiger partial charge in [0.2, 0.25) is 10.0 Å². The van der Waals surface area contributed by atoms with E-state index in [0.29, 0.717) is 18.0 Å². The van der Waals surface area contributed by atoms with Crippen LogP contribution in [0.3, 0.4) is 0 Å². The molecule has 0 aliphatic heterocycles. The number of carbonyl (C=O) groups excluding carboxylic acids is 1. The van der Waals surface area contributed by atoms with Crippen molar-refractivity contribution in [2.45, 2.75) is 82.8 Å². The lowest BCUT2D eigenvalue weighted by Gasteiger charge is -2.25. The van der Waals surface area contributed by atoms with Gasteiger partial charge in [0.1, 0.15) is 12.4 Å². The van der Waals surface area contributed by atoms with Gasteiger partial charge in [-0.1, -0.05) is 40.0 Å². The molecule has 4 N–H and O–H groups in total. The summed E-state index contributed by atoms with van der Waals surface area (Å²) in [4.78, 5) is 17.4. The van der Waals surface area contributed by atoms with Gasteiger partial charge in [-0.3, -0.25) is 9.48 Å². The summed E-state index contributed by atoms with van der Waals surface area (Å²) in [6, 6.07) is 5.63. The van der Waals surface area contributed by atoms with Crippen LogP contribution in [0.1, 0.15) is 76.4 Å². The lowest BCUT2D eigenvalue weighted by Crippen LogP contribution is -2.28. The molecule has 0 spiro atoms. The predicted molar refractivity (Wildman–Crippen MR) is 129 cm³/mol. The van der Waals surface area contributed by atoms with Gasteiger partial charge < -0.3 is 14.9 Å². The number of nitrogens with two attached hydrogens (primary N) is 1. The van der Waals surface area contributed by atoms with Gasteiger partial charge in [0.05, 0.1) is 16.1 Å². The van der Waals surface area contributed by atoms with Gasteiger partial charge in [-0.25, -0.2) is 13.6 Å². The van der Waals surface area contributed by atoms with E-state index in [2.05, 4.69) is 30.9 Å². The second kappa shape index (κ2) is 9.67. The molecule has 188 valence electrons. The molecule has 3 rings (SSSR count). The minimum absolute atomic E-state index is 0.0418. The molecule has 1 heterocycles. The first-order chi connectivity index (χ1) is 15.6. The summed E-state index contributed by atoms with van der Waals surface area (Å²) in [5.74, 6) is 0.148. The van der Waals surface area contributed by atoms with E-state index >= 15 is 0 Å². The van der Waals surface area contributed by atoms with E-state index in [1.54, 1.807) is 13.8 Å². The van der Waals surface area contributed by atoms with E-state index in [-0.39, 0.29) is 28.2 Å². The van der Waals surface area contributed by atoms with Crippen LogP contribution in [0.5, 0.6) is 5.75 Å². The maximum absolute atomic E-state index is 13.3. The minimum Gasteiger partial charge on any atom is -0.490 e. The number of aromatic nitrogens is 2. The first-order valence-electron chi connectivity index (χ1n) is 11.5. The van der Waals surface area contributed by atoms with Crippen LogP contribution >= 0.6 is 0 Å². The summed E-state index contributed by atoms with van der Waals surface area (Å²) in [7, 11) is -4.04. The molecule has 34 heavy (non-hydrogen) atoms. The normalized spacial score (nSPS) is 15.9. The highest BCUT2D eigenvalue weighted by Crippen LogP contribution is 2.30. The third-order valence-electron chi connectivity index (χ3n) is 5.91. The van der Waals surface area contributed by atoms with Gasteiger partial charge in [0.25, 0.3) is 5.91 Å². The topological polar surface area (TPSA) is 140 Å². The second-order valence-electron chi connectivity index (χ2n) is 10.7. The highest BCUT2D eigenvalue weighted by molar-refractivity contribution is 7.89. The highest BCUT2D eigenvalue weighted by Gasteiger charge is 2.23. The van der Waals surface area contributed by atoms with Crippen LogP contribution in [0.15, 0.2) is 34.2 Å². The Labute approximate surface area is 201 Å². The molecule has 0 saturated heterocycles. The number of aryl methyl sites for hydroxylation is 1. The highest BCUT2D eigenvalue weighted by atomic mass is 32.2. The van der Waals surface area contributed by atoms with Crippen molar-refractivity contribution in [1.29, 1.82) is 0 Å². The quantitative estimate of drug-likeness (QED) is 0.520. The predicted octanol–water partition coefficient (Wildman–Crippen LogP) is 2.84.